The van der Waals surface area contributed by atoms with Crippen LogP contribution in [0, 0.1) is 13.8 Å². The second-order valence-corrected chi connectivity index (χ2v) is 9.22. The first-order valence-electron chi connectivity index (χ1n) is 10.6. The van der Waals surface area contributed by atoms with Crippen molar-refractivity contribution in [1.29, 1.82) is 0 Å². The Bertz CT molecular complexity index is 1130. The summed E-state index contributed by atoms with van der Waals surface area (Å²) in [7, 11) is 1.98. The van der Waals surface area contributed by atoms with E-state index >= 15 is 0 Å². The maximum Gasteiger partial charge on any atom is 0.191 e. The number of thioether (sulfide) groups is 1. The highest BCUT2D eigenvalue weighted by molar-refractivity contribution is 7.99. The molecule has 31 heavy (non-hydrogen) atoms. The number of aromatic nitrogens is 4. The smallest absolute Gasteiger partial charge is 0.191 e. The number of ketones is 1. The van der Waals surface area contributed by atoms with Crippen LogP contribution in [0.4, 0.5) is 0 Å². The Hall–Kier alpha value is -2.74. The molecule has 3 aromatic rings. The number of hydrogen-bond acceptors (Lipinski definition) is 6. The van der Waals surface area contributed by atoms with Gasteiger partial charge in [0.1, 0.15) is 12.4 Å². The van der Waals surface area contributed by atoms with Crippen LogP contribution >= 0.6 is 11.8 Å². The minimum absolute atomic E-state index is 0.100. The van der Waals surface area contributed by atoms with E-state index < -0.39 is 0 Å². The summed E-state index contributed by atoms with van der Waals surface area (Å²) in [6, 6.07) is 9.69. The number of carbonyl (C=O) groups is 1. The topological polar surface area (TPSA) is 71.2 Å². The van der Waals surface area contributed by atoms with Crippen LogP contribution in [-0.4, -0.2) is 43.6 Å². The third-order valence-electron chi connectivity index (χ3n) is 5.97. The Morgan fingerprint density at radius 1 is 1.19 bits per heavy atom. The van der Waals surface area contributed by atoms with Gasteiger partial charge in [-0.25, -0.2) is 0 Å². The van der Waals surface area contributed by atoms with Crippen LogP contribution in [0.5, 0.6) is 11.5 Å². The van der Waals surface area contributed by atoms with E-state index in [1.165, 1.54) is 24.6 Å². The van der Waals surface area contributed by atoms with Crippen molar-refractivity contribution in [1.82, 2.24) is 19.3 Å². The summed E-state index contributed by atoms with van der Waals surface area (Å²) in [6.45, 7) is 5.15. The molecular weight excluding hydrogens is 412 g/mol. The highest BCUT2D eigenvalue weighted by Gasteiger charge is 2.29. The zero-order chi connectivity index (χ0) is 21.5. The summed E-state index contributed by atoms with van der Waals surface area (Å²) in [4.78, 5) is 13.0. The van der Waals surface area contributed by atoms with E-state index in [9.17, 15) is 4.79 Å². The highest BCUT2D eigenvalue weighted by Crippen LogP contribution is 2.39. The lowest BCUT2D eigenvalue weighted by Gasteiger charge is -2.27. The van der Waals surface area contributed by atoms with Crippen molar-refractivity contribution in [2.24, 2.45) is 7.05 Å². The molecule has 1 saturated carbocycles. The van der Waals surface area contributed by atoms with Gasteiger partial charge in [0.05, 0.1) is 12.3 Å². The second-order valence-electron chi connectivity index (χ2n) is 8.28. The van der Waals surface area contributed by atoms with Crippen molar-refractivity contribution in [3.63, 3.8) is 0 Å². The van der Waals surface area contributed by atoms with Gasteiger partial charge in [-0.15, -0.1) is 10.2 Å². The number of nitrogens with zero attached hydrogens (tertiary/aromatic N) is 4. The maximum atomic E-state index is 13.0. The van der Waals surface area contributed by atoms with E-state index in [1.54, 1.807) is 0 Å². The lowest BCUT2D eigenvalue weighted by Crippen LogP contribution is -2.33. The molecule has 162 valence electrons. The predicted octanol–water partition coefficient (Wildman–Crippen LogP) is 3.93. The summed E-state index contributed by atoms with van der Waals surface area (Å²) < 4.78 is 16.1. The number of para-hydroxylation sites is 2. The summed E-state index contributed by atoms with van der Waals surface area (Å²) in [5.74, 6) is 3.57. The fourth-order valence-corrected chi connectivity index (χ4v) is 4.88. The SMILES string of the molecule is Cc1cc(C(=O)CSc2nnc(C3CC3)n2C)c(C)n1C[C@H]1COc2ccccc2O1. The quantitative estimate of drug-likeness (QED) is 0.411. The number of ether oxygens (including phenoxy) is 2. The van der Waals surface area contributed by atoms with Crippen molar-refractivity contribution in [3.8, 4) is 11.5 Å². The van der Waals surface area contributed by atoms with Gasteiger partial charge in [-0.2, -0.15) is 0 Å². The minimum atomic E-state index is -0.100. The normalized spacial score (nSPS) is 17.7. The molecule has 0 N–H and O–H groups in total. The van der Waals surface area contributed by atoms with E-state index in [1.807, 2.05) is 55.8 Å². The fourth-order valence-electron chi connectivity index (χ4n) is 4.08. The third kappa shape index (κ3) is 3.96. The molecule has 0 spiro atoms. The van der Waals surface area contributed by atoms with Crippen LogP contribution in [0.2, 0.25) is 0 Å². The standard InChI is InChI=1S/C23H26N4O3S/c1-14-10-18(19(28)13-31-23-25-24-22(26(23)3)16-8-9-16)15(2)27(14)11-17-12-29-20-6-4-5-7-21(20)30-17/h4-7,10,16-17H,8-9,11-13H2,1-3H3/t17-/m0/s1. The van der Waals surface area contributed by atoms with Gasteiger partial charge in [-0.05, 0) is 44.9 Å². The molecule has 0 saturated heterocycles. The van der Waals surface area contributed by atoms with Crippen LogP contribution in [0.25, 0.3) is 0 Å². The molecule has 1 aliphatic carbocycles. The van der Waals surface area contributed by atoms with Crippen LogP contribution in [0.15, 0.2) is 35.5 Å². The van der Waals surface area contributed by atoms with Gasteiger partial charge in [0.25, 0.3) is 0 Å². The van der Waals surface area contributed by atoms with Gasteiger partial charge < -0.3 is 18.6 Å². The lowest BCUT2D eigenvalue weighted by molar-refractivity contribution is 0.0777. The number of hydrogen-bond donors (Lipinski definition) is 0. The molecule has 2 aliphatic rings. The van der Waals surface area contributed by atoms with Gasteiger partial charge in [-0.1, -0.05) is 23.9 Å². The van der Waals surface area contributed by atoms with Crippen molar-refractivity contribution >= 4 is 17.5 Å². The molecule has 8 heteroatoms. The third-order valence-corrected chi connectivity index (χ3v) is 6.99. The molecule has 2 aromatic heterocycles. The molecule has 0 amide bonds. The summed E-state index contributed by atoms with van der Waals surface area (Å²) in [5, 5.41) is 9.37. The molecule has 7 nitrogen and oxygen atoms in total. The predicted molar refractivity (Wildman–Crippen MR) is 118 cm³/mol. The molecule has 5 rings (SSSR count). The Labute approximate surface area is 185 Å². The van der Waals surface area contributed by atoms with Gasteiger partial charge >= 0.3 is 0 Å². The molecular formula is C23H26N4O3S. The molecule has 0 unspecified atom stereocenters. The van der Waals surface area contributed by atoms with Crippen LogP contribution in [-0.2, 0) is 13.6 Å². The van der Waals surface area contributed by atoms with Crippen LogP contribution in [0.3, 0.4) is 0 Å². The lowest BCUT2D eigenvalue weighted by atomic mass is 10.2. The van der Waals surface area contributed by atoms with Crippen LogP contribution < -0.4 is 9.47 Å². The molecule has 1 aliphatic heterocycles. The van der Waals surface area contributed by atoms with Gasteiger partial charge in [0.2, 0.25) is 0 Å². The number of carbonyl (C=O) groups excluding carboxylic acids is 1. The van der Waals surface area contributed by atoms with Crippen LogP contribution in [0.1, 0.15) is 46.3 Å². The van der Waals surface area contributed by atoms with E-state index in [4.69, 9.17) is 9.47 Å². The largest absolute Gasteiger partial charge is 0.486 e. The monoisotopic (exact) mass is 438 g/mol. The van der Waals surface area contributed by atoms with E-state index in [2.05, 4.69) is 14.8 Å². The van der Waals surface area contributed by atoms with E-state index in [-0.39, 0.29) is 11.9 Å². The number of aryl methyl sites for hydroxylation is 1. The number of benzene rings is 1. The molecule has 0 radical (unpaired) electrons. The molecule has 1 aromatic carbocycles. The number of Topliss-reactive ketones (excluding diaryl/α,β-unsaturated/α-hetero) is 1. The van der Waals surface area contributed by atoms with Gasteiger partial charge in [0.15, 0.2) is 28.5 Å². The van der Waals surface area contributed by atoms with Crippen molar-refractivity contribution in [3.05, 3.63) is 53.1 Å². The average molecular weight is 439 g/mol. The Morgan fingerprint density at radius 3 is 2.74 bits per heavy atom. The molecule has 1 atom stereocenters. The summed E-state index contributed by atoms with van der Waals surface area (Å²) in [5.41, 5.74) is 2.76. The number of rotatable bonds is 7. The zero-order valence-corrected chi connectivity index (χ0v) is 18.8. The Balaban J connectivity index is 1.26. The first-order chi connectivity index (χ1) is 15.0. The second kappa shape index (κ2) is 8.07. The average Bonchev–Trinajstić information content (AvgIpc) is 3.50. The summed E-state index contributed by atoms with van der Waals surface area (Å²) >= 11 is 1.45. The van der Waals surface area contributed by atoms with E-state index in [0.717, 1.165) is 39.4 Å². The van der Waals surface area contributed by atoms with E-state index in [0.29, 0.717) is 24.8 Å². The highest BCUT2D eigenvalue weighted by atomic mass is 32.2. The van der Waals surface area contributed by atoms with Gasteiger partial charge in [-0.3, -0.25) is 4.79 Å². The number of fused-ring (bicyclic) bond motifs is 1. The zero-order valence-electron chi connectivity index (χ0n) is 18.0. The van der Waals surface area contributed by atoms with Crippen molar-refractivity contribution < 1.29 is 14.3 Å². The van der Waals surface area contributed by atoms with Crippen molar-refractivity contribution in [2.45, 2.75) is 50.4 Å². The Morgan fingerprint density at radius 2 is 1.97 bits per heavy atom. The Kier molecular flexibility index (Phi) is 5.25. The van der Waals surface area contributed by atoms with Gasteiger partial charge in [0, 0.05) is 29.9 Å². The molecule has 1 fully saturated rings. The van der Waals surface area contributed by atoms with Crippen molar-refractivity contribution in [2.75, 3.05) is 12.4 Å². The fraction of sp³-hybridized carbons (Fsp3) is 0.435. The summed E-state index contributed by atoms with van der Waals surface area (Å²) in [6.07, 6.45) is 2.27. The molecule has 0 bridgehead atoms. The first-order valence-corrected chi connectivity index (χ1v) is 11.6. The maximum absolute atomic E-state index is 13.0. The molecule has 3 heterocycles. The first kappa shape index (κ1) is 20.2. The minimum Gasteiger partial charge on any atom is -0.486 e.